The average Bonchev–Trinajstić information content (AvgIpc) is 3.50. The number of pyridine rings is 3. The van der Waals surface area contributed by atoms with Crippen molar-refractivity contribution < 1.29 is 9.53 Å². The molecular formula is C25H25N7O2. The topological polar surface area (TPSA) is 112 Å². The Morgan fingerprint density at radius 1 is 1.12 bits per heavy atom. The van der Waals surface area contributed by atoms with Gasteiger partial charge in [-0.25, -0.2) is 9.50 Å². The van der Waals surface area contributed by atoms with Gasteiger partial charge in [-0.05, 0) is 55.5 Å². The van der Waals surface area contributed by atoms with E-state index in [1.54, 1.807) is 16.9 Å². The first-order valence-corrected chi connectivity index (χ1v) is 11.6. The number of hydrogen-bond acceptors (Lipinski definition) is 7. The lowest BCUT2D eigenvalue weighted by atomic mass is 9.99. The zero-order valence-electron chi connectivity index (χ0n) is 18.7. The van der Waals surface area contributed by atoms with Crippen LogP contribution < -0.4 is 10.5 Å². The van der Waals surface area contributed by atoms with Crippen LogP contribution >= 0.6 is 0 Å². The Kier molecular flexibility index (Phi) is 5.09. The van der Waals surface area contributed by atoms with Gasteiger partial charge in [-0.3, -0.25) is 9.78 Å². The monoisotopic (exact) mass is 455 g/mol. The van der Waals surface area contributed by atoms with Crippen LogP contribution in [0.3, 0.4) is 0 Å². The predicted molar refractivity (Wildman–Crippen MR) is 126 cm³/mol. The third kappa shape index (κ3) is 3.83. The van der Waals surface area contributed by atoms with Gasteiger partial charge in [0, 0.05) is 42.7 Å². The molecule has 9 heteroatoms. The number of nitrogens with zero attached hydrogens (tertiary/aromatic N) is 6. The minimum Gasteiger partial charge on any atom is -0.474 e. The maximum Gasteiger partial charge on any atom is 0.256 e. The minimum absolute atomic E-state index is 0.0286. The molecule has 0 radical (unpaired) electrons. The summed E-state index contributed by atoms with van der Waals surface area (Å²) >= 11 is 0. The van der Waals surface area contributed by atoms with Crippen molar-refractivity contribution in [2.45, 2.75) is 44.8 Å². The molecule has 0 bridgehead atoms. The molecule has 0 unspecified atom stereocenters. The van der Waals surface area contributed by atoms with Crippen LogP contribution in [0.15, 0.2) is 48.9 Å². The number of rotatable bonds is 5. The fourth-order valence-corrected chi connectivity index (χ4v) is 4.80. The highest BCUT2D eigenvalue weighted by Gasteiger charge is 2.27. The van der Waals surface area contributed by atoms with Gasteiger partial charge >= 0.3 is 0 Å². The molecule has 1 aliphatic heterocycles. The van der Waals surface area contributed by atoms with E-state index in [1.165, 1.54) is 12.8 Å². The Labute approximate surface area is 196 Å². The molecule has 0 spiro atoms. The number of ether oxygens (including phenoxy) is 1. The quantitative estimate of drug-likeness (QED) is 0.491. The molecule has 172 valence electrons. The van der Waals surface area contributed by atoms with Crippen molar-refractivity contribution >= 4 is 17.5 Å². The summed E-state index contributed by atoms with van der Waals surface area (Å²) in [7, 11) is 0. The molecule has 1 aliphatic carbocycles. The van der Waals surface area contributed by atoms with Gasteiger partial charge in [0.15, 0.2) is 5.65 Å². The van der Waals surface area contributed by atoms with Gasteiger partial charge in [-0.15, -0.1) is 5.10 Å². The van der Waals surface area contributed by atoms with Gasteiger partial charge in [0.25, 0.3) is 5.91 Å². The van der Waals surface area contributed by atoms with Gasteiger partial charge in [0.1, 0.15) is 6.10 Å². The highest BCUT2D eigenvalue weighted by Crippen LogP contribution is 2.29. The number of nitrogen functional groups attached to an aromatic ring is 1. The van der Waals surface area contributed by atoms with Gasteiger partial charge in [-0.1, -0.05) is 6.07 Å². The van der Waals surface area contributed by atoms with E-state index in [9.17, 15) is 4.79 Å². The number of fused-ring (bicyclic) bond motifs is 2. The summed E-state index contributed by atoms with van der Waals surface area (Å²) in [5.74, 6) is 0.832. The number of nitrogens with two attached hydrogens (primary N) is 1. The van der Waals surface area contributed by atoms with Crippen molar-refractivity contribution in [3.63, 3.8) is 0 Å². The molecule has 0 atom stereocenters. The predicted octanol–water partition coefficient (Wildman–Crippen LogP) is 3.29. The fraction of sp³-hybridized carbons (Fsp3) is 0.320. The molecule has 5 heterocycles. The van der Waals surface area contributed by atoms with Gasteiger partial charge in [-0.2, -0.15) is 4.98 Å². The number of anilines is 1. The third-order valence-electron chi connectivity index (χ3n) is 6.59. The molecule has 0 aromatic carbocycles. The first-order valence-electron chi connectivity index (χ1n) is 11.6. The molecule has 1 amide bonds. The van der Waals surface area contributed by atoms with E-state index in [2.05, 4.69) is 20.1 Å². The van der Waals surface area contributed by atoms with Crippen molar-refractivity contribution in [1.29, 1.82) is 0 Å². The van der Waals surface area contributed by atoms with Crippen LogP contribution in [0.2, 0.25) is 0 Å². The lowest BCUT2D eigenvalue weighted by Crippen LogP contribution is -2.37. The van der Waals surface area contributed by atoms with E-state index in [-0.39, 0.29) is 18.0 Å². The van der Waals surface area contributed by atoms with Crippen LogP contribution in [0.25, 0.3) is 16.8 Å². The first-order chi connectivity index (χ1) is 16.6. The summed E-state index contributed by atoms with van der Waals surface area (Å²) in [5, 5.41) is 4.11. The van der Waals surface area contributed by atoms with Crippen LogP contribution in [0, 0.1) is 0 Å². The normalized spacial score (nSPS) is 16.2. The van der Waals surface area contributed by atoms with E-state index in [0.29, 0.717) is 36.6 Å². The van der Waals surface area contributed by atoms with E-state index in [0.717, 1.165) is 35.2 Å². The van der Waals surface area contributed by atoms with Crippen molar-refractivity contribution in [2.75, 3.05) is 12.3 Å². The summed E-state index contributed by atoms with van der Waals surface area (Å²) in [6, 6.07) is 9.61. The maximum atomic E-state index is 13.5. The highest BCUT2D eigenvalue weighted by atomic mass is 16.5. The SMILES string of the molecule is Nc1nc2cc(-c3cnc4c(c3)C(=O)N(Cc3cccnc3OC3CCCC3)CC4)ccn2n1. The van der Waals surface area contributed by atoms with Crippen molar-refractivity contribution in [3.8, 4) is 17.0 Å². The van der Waals surface area contributed by atoms with Crippen molar-refractivity contribution in [1.82, 2.24) is 29.5 Å². The summed E-state index contributed by atoms with van der Waals surface area (Å²) in [5.41, 5.74) is 10.5. The molecule has 2 aliphatic rings. The number of amides is 1. The molecule has 4 aromatic rings. The Bertz CT molecular complexity index is 1380. The molecule has 4 aromatic heterocycles. The average molecular weight is 456 g/mol. The Morgan fingerprint density at radius 3 is 2.88 bits per heavy atom. The number of hydrogen-bond donors (Lipinski definition) is 1. The third-order valence-corrected chi connectivity index (χ3v) is 6.59. The fourth-order valence-electron chi connectivity index (χ4n) is 4.80. The zero-order valence-corrected chi connectivity index (χ0v) is 18.7. The van der Waals surface area contributed by atoms with E-state index in [1.807, 2.05) is 41.4 Å². The Hall–Kier alpha value is -4.01. The van der Waals surface area contributed by atoms with E-state index < -0.39 is 0 Å². The van der Waals surface area contributed by atoms with Crippen LogP contribution in [0.1, 0.15) is 47.3 Å². The lowest BCUT2D eigenvalue weighted by Gasteiger charge is -2.29. The molecular weight excluding hydrogens is 430 g/mol. The molecule has 0 saturated heterocycles. The first kappa shape index (κ1) is 20.6. The van der Waals surface area contributed by atoms with Gasteiger partial charge in [0.2, 0.25) is 11.8 Å². The largest absolute Gasteiger partial charge is 0.474 e. The van der Waals surface area contributed by atoms with Gasteiger partial charge in [0.05, 0.1) is 17.8 Å². The van der Waals surface area contributed by atoms with Crippen LogP contribution in [-0.2, 0) is 13.0 Å². The standard InChI is InChI=1S/C25H25N7O2/c26-25-29-22-13-16(7-11-32(22)30-25)18-12-20-21(28-14-18)8-10-31(24(20)33)15-17-4-3-9-27-23(17)34-19-5-1-2-6-19/h3-4,7,9,11-14,19H,1-2,5-6,8,10,15H2,(H2,26,30). The molecule has 34 heavy (non-hydrogen) atoms. The summed E-state index contributed by atoms with van der Waals surface area (Å²) in [6.07, 6.45) is 10.8. The molecule has 1 saturated carbocycles. The number of carbonyl (C=O) groups excluding carboxylic acids is 1. The molecule has 9 nitrogen and oxygen atoms in total. The lowest BCUT2D eigenvalue weighted by molar-refractivity contribution is 0.0722. The van der Waals surface area contributed by atoms with Crippen molar-refractivity contribution in [2.24, 2.45) is 0 Å². The summed E-state index contributed by atoms with van der Waals surface area (Å²) < 4.78 is 7.80. The number of carbonyl (C=O) groups is 1. The summed E-state index contributed by atoms with van der Waals surface area (Å²) in [4.78, 5) is 28.6. The maximum absolute atomic E-state index is 13.5. The van der Waals surface area contributed by atoms with Crippen molar-refractivity contribution in [3.05, 3.63) is 65.7 Å². The molecule has 2 N–H and O–H groups in total. The smallest absolute Gasteiger partial charge is 0.256 e. The minimum atomic E-state index is -0.0286. The van der Waals surface area contributed by atoms with E-state index >= 15 is 0 Å². The number of aromatic nitrogens is 5. The Morgan fingerprint density at radius 2 is 2.00 bits per heavy atom. The van der Waals surface area contributed by atoms with Crippen LogP contribution in [-0.4, -0.2) is 48.0 Å². The molecule has 6 rings (SSSR count). The molecule has 1 fully saturated rings. The van der Waals surface area contributed by atoms with Gasteiger partial charge < -0.3 is 15.4 Å². The van der Waals surface area contributed by atoms with Crippen LogP contribution in [0.5, 0.6) is 5.88 Å². The van der Waals surface area contributed by atoms with E-state index in [4.69, 9.17) is 10.5 Å². The second-order valence-electron chi connectivity index (χ2n) is 8.88. The zero-order chi connectivity index (χ0) is 23.1. The van der Waals surface area contributed by atoms with Crippen LogP contribution in [0.4, 0.5) is 5.95 Å². The Balaban J connectivity index is 1.26. The summed E-state index contributed by atoms with van der Waals surface area (Å²) in [6.45, 7) is 1.07. The second kappa shape index (κ2) is 8.40. The highest BCUT2D eigenvalue weighted by molar-refractivity contribution is 5.97. The second-order valence-corrected chi connectivity index (χ2v) is 8.88.